The molecule has 0 spiro atoms. The number of ether oxygens (including phenoxy) is 2. The highest BCUT2D eigenvalue weighted by molar-refractivity contribution is 6.00. The molecule has 0 radical (unpaired) electrons. The molecular formula is C18H11F3N2O3. The summed E-state index contributed by atoms with van der Waals surface area (Å²) in [6, 6.07) is 8.65. The first-order chi connectivity index (χ1) is 12.4. The molecule has 0 bridgehead atoms. The van der Waals surface area contributed by atoms with E-state index in [1.54, 1.807) is 24.3 Å². The summed E-state index contributed by atoms with van der Waals surface area (Å²) >= 11 is 0. The number of pyridine rings is 1. The maximum Gasteiger partial charge on any atom is 0.417 e. The Bertz CT molecular complexity index is 899. The average molecular weight is 360 g/mol. The summed E-state index contributed by atoms with van der Waals surface area (Å²) in [5, 5.41) is 9.20. The molecule has 0 fully saturated rings. The van der Waals surface area contributed by atoms with Crippen LogP contribution in [0.4, 0.5) is 13.2 Å². The first kappa shape index (κ1) is 17.5. The van der Waals surface area contributed by atoms with Gasteiger partial charge in [-0.1, -0.05) is 12.1 Å². The lowest BCUT2D eigenvalue weighted by Gasteiger charge is -2.08. The molecule has 1 atom stereocenters. The van der Waals surface area contributed by atoms with Crippen LogP contribution in [0.2, 0.25) is 0 Å². The number of hydrogen-bond donors (Lipinski definition) is 0. The molecule has 132 valence electrons. The van der Waals surface area contributed by atoms with Gasteiger partial charge in [0, 0.05) is 6.20 Å². The first-order valence-electron chi connectivity index (χ1n) is 7.43. The van der Waals surface area contributed by atoms with Crippen LogP contribution in [-0.4, -0.2) is 17.6 Å². The summed E-state index contributed by atoms with van der Waals surface area (Å²) in [5.74, 6) is -0.738. The van der Waals surface area contributed by atoms with E-state index in [-0.39, 0.29) is 12.5 Å². The summed E-state index contributed by atoms with van der Waals surface area (Å²) in [4.78, 5) is 15.8. The molecule has 8 heteroatoms. The molecule has 0 saturated heterocycles. The Morgan fingerprint density at radius 1 is 1.23 bits per heavy atom. The third-order valence-corrected chi connectivity index (χ3v) is 3.66. The molecule has 1 unspecified atom stereocenters. The Morgan fingerprint density at radius 3 is 2.65 bits per heavy atom. The molecule has 2 heterocycles. The molecule has 5 nitrogen and oxygen atoms in total. The molecular weight excluding hydrogens is 349 g/mol. The number of hydrogen-bond acceptors (Lipinski definition) is 5. The average Bonchev–Trinajstić information content (AvgIpc) is 3.08. The molecule has 0 amide bonds. The molecule has 26 heavy (non-hydrogen) atoms. The van der Waals surface area contributed by atoms with Crippen molar-refractivity contribution in [3.8, 4) is 17.6 Å². The van der Waals surface area contributed by atoms with Crippen molar-refractivity contribution in [1.29, 1.82) is 5.26 Å². The van der Waals surface area contributed by atoms with Crippen LogP contribution in [0.3, 0.4) is 0 Å². The normalized spacial score (nSPS) is 14.2. The van der Waals surface area contributed by atoms with Gasteiger partial charge in [0.25, 0.3) is 0 Å². The van der Waals surface area contributed by atoms with Gasteiger partial charge in [0.2, 0.25) is 6.79 Å². The number of fused-ring (bicyclic) bond motifs is 1. The molecule has 2 aromatic rings. The maximum atomic E-state index is 12.6. The highest BCUT2D eigenvalue weighted by Gasteiger charge is 2.31. The summed E-state index contributed by atoms with van der Waals surface area (Å²) in [7, 11) is 0. The Balaban J connectivity index is 1.76. The highest BCUT2D eigenvalue weighted by atomic mass is 19.4. The summed E-state index contributed by atoms with van der Waals surface area (Å²) < 4.78 is 48.1. The van der Waals surface area contributed by atoms with Gasteiger partial charge in [-0.15, -0.1) is 0 Å². The minimum absolute atomic E-state index is 0.0409. The topological polar surface area (TPSA) is 72.2 Å². The number of ketones is 1. The number of nitrogens with zero attached hydrogens (tertiary/aromatic N) is 2. The molecule has 3 rings (SSSR count). The molecule has 1 aliphatic heterocycles. The van der Waals surface area contributed by atoms with Gasteiger partial charge >= 0.3 is 6.18 Å². The van der Waals surface area contributed by atoms with Crippen molar-refractivity contribution in [3.63, 3.8) is 0 Å². The zero-order chi connectivity index (χ0) is 18.7. The molecule has 0 N–H and O–H groups in total. The second-order valence-electron chi connectivity index (χ2n) is 5.38. The summed E-state index contributed by atoms with van der Waals surface area (Å²) in [5.41, 5.74) is -0.332. The van der Waals surface area contributed by atoms with Crippen molar-refractivity contribution in [2.45, 2.75) is 12.1 Å². The number of benzene rings is 1. The number of aromatic nitrogens is 1. The van der Waals surface area contributed by atoms with Gasteiger partial charge in [-0.25, -0.2) is 0 Å². The van der Waals surface area contributed by atoms with E-state index < -0.39 is 23.4 Å². The van der Waals surface area contributed by atoms with Gasteiger partial charge in [-0.05, 0) is 35.9 Å². The van der Waals surface area contributed by atoms with Gasteiger partial charge < -0.3 is 9.47 Å². The van der Waals surface area contributed by atoms with Crippen LogP contribution < -0.4 is 9.47 Å². The Labute approximate surface area is 146 Å². The molecule has 1 aromatic heterocycles. The quantitative estimate of drug-likeness (QED) is 0.777. The molecule has 1 aromatic carbocycles. The highest BCUT2D eigenvalue weighted by Crippen LogP contribution is 2.33. The van der Waals surface area contributed by atoms with Crippen molar-refractivity contribution in [3.05, 3.63) is 59.4 Å². The predicted molar refractivity (Wildman–Crippen MR) is 84.2 cm³/mol. The third-order valence-electron chi connectivity index (χ3n) is 3.66. The van der Waals surface area contributed by atoms with Crippen LogP contribution in [0, 0.1) is 11.3 Å². The lowest BCUT2D eigenvalue weighted by Crippen LogP contribution is -2.11. The van der Waals surface area contributed by atoms with Crippen LogP contribution in [0.25, 0.3) is 6.08 Å². The second-order valence-corrected chi connectivity index (χ2v) is 5.38. The SMILES string of the molecule is N#CC(C(=O)/C=C/c1ccc2c(c1)OCO2)c1ccc(C(F)(F)F)cn1. The van der Waals surface area contributed by atoms with Gasteiger partial charge in [0.15, 0.2) is 23.2 Å². The number of nitriles is 1. The smallest absolute Gasteiger partial charge is 0.417 e. The monoisotopic (exact) mass is 360 g/mol. The van der Waals surface area contributed by atoms with Crippen LogP contribution in [0.15, 0.2) is 42.6 Å². The fraction of sp³-hybridized carbons (Fsp3) is 0.167. The molecule has 0 saturated carbocycles. The van der Waals surface area contributed by atoms with Gasteiger partial charge in [0.1, 0.15) is 0 Å². The van der Waals surface area contributed by atoms with Crippen LogP contribution in [0.1, 0.15) is 22.7 Å². The Hall–Kier alpha value is -3.34. The number of alkyl halides is 3. The lowest BCUT2D eigenvalue weighted by molar-refractivity contribution is -0.137. The van der Waals surface area contributed by atoms with Crippen molar-refractivity contribution in [2.75, 3.05) is 6.79 Å². The van der Waals surface area contributed by atoms with Crippen LogP contribution in [-0.2, 0) is 11.0 Å². The van der Waals surface area contributed by atoms with Crippen LogP contribution in [0.5, 0.6) is 11.5 Å². The van der Waals surface area contributed by atoms with Gasteiger partial charge in [-0.3, -0.25) is 9.78 Å². The summed E-state index contributed by atoms with van der Waals surface area (Å²) in [6.07, 6.45) is -1.26. The van der Waals surface area contributed by atoms with Crippen molar-refractivity contribution in [2.24, 2.45) is 0 Å². The van der Waals surface area contributed by atoms with E-state index in [4.69, 9.17) is 9.47 Å². The van der Waals surface area contributed by atoms with E-state index in [0.717, 1.165) is 12.1 Å². The van der Waals surface area contributed by atoms with Gasteiger partial charge in [0.05, 0.1) is 17.3 Å². The van der Waals surface area contributed by atoms with E-state index in [1.807, 2.05) is 0 Å². The minimum atomic E-state index is -4.53. The summed E-state index contributed by atoms with van der Waals surface area (Å²) in [6.45, 7) is 0.123. The number of carbonyl (C=O) groups excluding carboxylic acids is 1. The van der Waals surface area contributed by atoms with Crippen LogP contribution >= 0.6 is 0 Å². The van der Waals surface area contributed by atoms with Crippen molar-refractivity contribution >= 4 is 11.9 Å². The number of allylic oxidation sites excluding steroid dienone is 1. The minimum Gasteiger partial charge on any atom is -0.454 e. The third kappa shape index (κ3) is 3.67. The van der Waals surface area contributed by atoms with E-state index in [1.165, 1.54) is 12.2 Å². The number of halogens is 3. The fourth-order valence-electron chi connectivity index (χ4n) is 2.31. The lowest BCUT2D eigenvalue weighted by atomic mass is 9.99. The number of carbonyl (C=O) groups is 1. The fourth-order valence-corrected chi connectivity index (χ4v) is 2.31. The Morgan fingerprint density at radius 2 is 2.00 bits per heavy atom. The van der Waals surface area contributed by atoms with E-state index >= 15 is 0 Å². The zero-order valence-electron chi connectivity index (χ0n) is 13.2. The second kappa shape index (κ2) is 6.88. The van der Waals surface area contributed by atoms with E-state index in [0.29, 0.717) is 23.3 Å². The van der Waals surface area contributed by atoms with Gasteiger partial charge in [-0.2, -0.15) is 18.4 Å². The molecule has 0 aliphatic carbocycles. The Kier molecular flexibility index (Phi) is 4.63. The predicted octanol–water partition coefficient (Wildman–Crippen LogP) is 3.72. The van der Waals surface area contributed by atoms with Crippen molar-refractivity contribution < 1.29 is 27.4 Å². The first-order valence-corrected chi connectivity index (χ1v) is 7.43. The van der Waals surface area contributed by atoms with E-state index in [2.05, 4.69) is 4.98 Å². The largest absolute Gasteiger partial charge is 0.454 e. The maximum absolute atomic E-state index is 12.6. The number of rotatable bonds is 4. The van der Waals surface area contributed by atoms with Crippen molar-refractivity contribution in [1.82, 2.24) is 4.98 Å². The zero-order valence-corrected chi connectivity index (χ0v) is 13.2. The van der Waals surface area contributed by atoms with E-state index in [9.17, 15) is 23.2 Å². The molecule has 1 aliphatic rings. The standard InChI is InChI=1S/C18H11F3N2O3/c19-18(20,21)12-3-4-14(23-9-12)13(8-22)15(24)5-1-11-2-6-16-17(7-11)26-10-25-16/h1-7,9,13H,10H2/b5-1+.